The number of alkyl halides is 2. The van der Waals surface area contributed by atoms with Gasteiger partial charge in [-0.1, -0.05) is 0 Å². The van der Waals surface area contributed by atoms with E-state index in [1.807, 2.05) is 0 Å². The molecule has 0 spiro atoms. The van der Waals surface area contributed by atoms with E-state index in [1.165, 1.54) is 5.56 Å². The van der Waals surface area contributed by atoms with Crippen LogP contribution in [0.3, 0.4) is 0 Å². The van der Waals surface area contributed by atoms with Crippen molar-refractivity contribution in [2.45, 2.75) is 6.42 Å². The van der Waals surface area contributed by atoms with E-state index in [1.54, 1.807) is 11.3 Å². The van der Waals surface area contributed by atoms with Crippen molar-refractivity contribution in [3.8, 4) is 0 Å². The summed E-state index contributed by atoms with van der Waals surface area (Å²) >= 11 is 13.2. The van der Waals surface area contributed by atoms with Gasteiger partial charge in [-0.15, -0.1) is 35.6 Å². The van der Waals surface area contributed by atoms with Crippen LogP contribution in [0, 0.1) is 0 Å². The molecule has 1 heterocycles. The van der Waals surface area contributed by atoms with Crippen molar-refractivity contribution in [2.75, 3.05) is 31.4 Å². The van der Waals surface area contributed by atoms with Crippen molar-refractivity contribution in [3.63, 3.8) is 0 Å². The van der Waals surface area contributed by atoms with Crippen LogP contribution in [0.4, 0.5) is 0 Å². The van der Waals surface area contributed by atoms with Gasteiger partial charge in [0, 0.05) is 31.4 Å². The minimum absolute atomic E-state index is 0. The van der Waals surface area contributed by atoms with Gasteiger partial charge in [0.05, 0.1) is 0 Å². The summed E-state index contributed by atoms with van der Waals surface area (Å²) in [5, 5.41) is 4.31. The highest BCUT2D eigenvalue weighted by Gasteiger charge is 2.03. The Labute approximate surface area is 112 Å². The van der Waals surface area contributed by atoms with Crippen molar-refractivity contribution < 1.29 is 0 Å². The van der Waals surface area contributed by atoms with Crippen molar-refractivity contribution in [1.29, 1.82) is 0 Å². The number of nitrogens with zero attached hydrogens (tertiary/aromatic N) is 1. The maximum Gasteiger partial charge on any atom is 0.0351 e. The van der Waals surface area contributed by atoms with E-state index in [0.29, 0.717) is 11.8 Å². The van der Waals surface area contributed by atoms with Gasteiger partial charge in [-0.3, -0.25) is 0 Å². The Morgan fingerprint density at radius 2 is 1.80 bits per heavy atom. The smallest absolute Gasteiger partial charge is 0.0351 e. The molecule has 0 atom stereocenters. The molecule has 0 aliphatic rings. The van der Waals surface area contributed by atoms with Crippen molar-refractivity contribution in [3.05, 3.63) is 22.4 Å². The van der Waals surface area contributed by atoms with E-state index in [2.05, 4.69) is 21.7 Å². The molecule has 0 amide bonds. The number of hydrogen-bond acceptors (Lipinski definition) is 2. The lowest BCUT2D eigenvalue weighted by molar-refractivity contribution is 0.311. The molecule has 1 rings (SSSR count). The van der Waals surface area contributed by atoms with Gasteiger partial charge in [0.15, 0.2) is 0 Å². The Bertz CT molecular complexity index is 223. The summed E-state index contributed by atoms with van der Waals surface area (Å²) in [4.78, 5) is 2.30. The van der Waals surface area contributed by atoms with Crippen LogP contribution in [0.1, 0.15) is 5.56 Å². The highest BCUT2D eigenvalue weighted by atomic mass is 35.5. The van der Waals surface area contributed by atoms with Gasteiger partial charge in [0.25, 0.3) is 0 Å². The maximum atomic E-state index is 5.71. The van der Waals surface area contributed by atoms with E-state index in [-0.39, 0.29) is 12.4 Å². The van der Waals surface area contributed by atoms with Gasteiger partial charge < -0.3 is 4.90 Å². The van der Waals surface area contributed by atoms with Crippen LogP contribution in [0.5, 0.6) is 0 Å². The first-order valence-corrected chi connectivity index (χ1v) is 6.73. The second-order valence-corrected chi connectivity index (χ2v) is 4.64. The summed E-state index contributed by atoms with van der Waals surface area (Å²) in [7, 11) is 0. The molecule has 1 aromatic rings. The minimum Gasteiger partial charge on any atom is -0.301 e. The number of rotatable bonds is 7. The molecule has 0 fully saturated rings. The number of thiophene rings is 1. The largest absolute Gasteiger partial charge is 0.301 e. The highest BCUT2D eigenvalue weighted by Crippen LogP contribution is 2.07. The normalized spacial score (nSPS) is 10.3. The van der Waals surface area contributed by atoms with Crippen molar-refractivity contribution >= 4 is 46.9 Å². The molecule has 5 heteroatoms. The fourth-order valence-corrected chi connectivity index (χ4v) is 2.48. The molecule has 0 radical (unpaired) electrons. The SMILES string of the molecule is Cl.ClCCN(CCCl)CCc1ccsc1. The predicted molar refractivity (Wildman–Crippen MR) is 73.2 cm³/mol. The first kappa shape index (κ1) is 15.5. The maximum absolute atomic E-state index is 5.71. The molecular weight excluding hydrogens is 273 g/mol. The quantitative estimate of drug-likeness (QED) is 0.694. The highest BCUT2D eigenvalue weighted by molar-refractivity contribution is 7.07. The predicted octanol–water partition coefficient (Wildman–Crippen LogP) is 3.49. The second kappa shape index (κ2) is 9.73. The molecule has 0 N–H and O–H groups in total. The molecule has 15 heavy (non-hydrogen) atoms. The van der Waals surface area contributed by atoms with Crippen molar-refractivity contribution in [1.82, 2.24) is 4.90 Å². The molecule has 0 unspecified atom stereocenters. The molecule has 0 saturated carbocycles. The molecule has 1 nitrogen and oxygen atoms in total. The zero-order valence-corrected chi connectivity index (χ0v) is 11.6. The summed E-state index contributed by atoms with van der Waals surface area (Å²) in [5.74, 6) is 1.36. The molecule has 0 aliphatic carbocycles. The molecule has 0 aliphatic heterocycles. The van der Waals surface area contributed by atoms with Gasteiger partial charge in [-0.25, -0.2) is 0 Å². The summed E-state index contributed by atoms with van der Waals surface area (Å²) < 4.78 is 0. The lowest BCUT2D eigenvalue weighted by atomic mass is 10.2. The summed E-state index contributed by atoms with van der Waals surface area (Å²) in [6.07, 6.45) is 1.09. The Balaban J connectivity index is 0.00000196. The average molecular weight is 289 g/mol. The average Bonchev–Trinajstić information content (AvgIpc) is 2.67. The fraction of sp³-hybridized carbons (Fsp3) is 0.600. The third kappa shape index (κ3) is 6.64. The van der Waals surface area contributed by atoms with Crippen LogP contribution < -0.4 is 0 Å². The first-order chi connectivity index (χ1) is 6.86. The van der Waals surface area contributed by atoms with Crippen LogP contribution in [0.15, 0.2) is 16.8 Å². The van der Waals surface area contributed by atoms with E-state index in [0.717, 1.165) is 26.1 Å². The number of halogens is 3. The van der Waals surface area contributed by atoms with Crippen LogP contribution in [-0.4, -0.2) is 36.3 Å². The molecule has 0 aromatic carbocycles. The fourth-order valence-electron chi connectivity index (χ4n) is 1.30. The third-order valence-electron chi connectivity index (χ3n) is 2.10. The van der Waals surface area contributed by atoms with Gasteiger partial charge in [0.2, 0.25) is 0 Å². The molecule has 0 saturated heterocycles. The monoisotopic (exact) mass is 287 g/mol. The standard InChI is InChI=1S/C10H15Cl2NS.ClH/c11-3-6-13(7-4-12)5-1-10-2-8-14-9-10;/h2,8-9H,1,3-7H2;1H. The van der Waals surface area contributed by atoms with Crippen molar-refractivity contribution in [2.24, 2.45) is 0 Å². The zero-order chi connectivity index (χ0) is 10.2. The summed E-state index contributed by atoms with van der Waals surface area (Å²) in [6, 6.07) is 2.17. The zero-order valence-electron chi connectivity index (χ0n) is 8.49. The van der Waals surface area contributed by atoms with E-state index in [4.69, 9.17) is 23.2 Å². The van der Waals surface area contributed by atoms with Crippen LogP contribution in [0.2, 0.25) is 0 Å². The molecule has 88 valence electrons. The molecular formula is C10H16Cl3NS. The van der Waals surface area contributed by atoms with E-state index in [9.17, 15) is 0 Å². The Morgan fingerprint density at radius 1 is 1.13 bits per heavy atom. The second-order valence-electron chi connectivity index (χ2n) is 3.10. The molecule has 1 aromatic heterocycles. The first-order valence-electron chi connectivity index (χ1n) is 4.72. The molecule has 0 bridgehead atoms. The Hall–Kier alpha value is 0.530. The van der Waals surface area contributed by atoms with E-state index >= 15 is 0 Å². The lowest BCUT2D eigenvalue weighted by Crippen LogP contribution is -2.29. The van der Waals surface area contributed by atoms with Gasteiger partial charge in [-0.2, -0.15) is 11.3 Å². The Morgan fingerprint density at radius 3 is 2.27 bits per heavy atom. The van der Waals surface area contributed by atoms with E-state index < -0.39 is 0 Å². The summed E-state index contributed by atoms with van der Waals surface area (Å²) in [5.41, 5.74) is 1.41. The summed E-state index contributed by atoms with van der Waals surface area (Å²) in [6.45, 7) is 2.91. The minimum atomic E-state index is 0. The van der Waals surface area contributed by atoms with Crippen LogP contribution in [0.25, 0.3) is 0 Å². The van der Waals surface area contributed by atoms with Gasteiger partial charge >= 0.3 is 0 Å². The van der Waals surface area contributed by atoms with Gasteiger partial charge in [-0.05, 0) is 28.8 Å². The lowest BCUT2D eigenvalue weighted by Gasteiger charge is -2.19. The van der Waals surface area contributed by atoms with Gasteiger partial charge in [0.1, 0.15) is 0 Å². The number of hydrogen-bond donors (Lipinski definition) is 0. The topological polar surface area (TPSA) is 3.24 Å². The Kier molecular flexibility index (Phi) is 10.1. The van der Waals surface area contributed by atoms with Crippen LogP contribution in [-0.2, 0) is 6.42 Å². The third-order valence-corrected chi connectivity index (χ3v) is 3.17. The van der Waals surface area contributed by atoms with Crippen LogP contribution >= 0.6 is 46.9 Å².